The fourth-order valence-electron chi connectivity index (χ4n) is 4.04. The molecule has 3 aromatic carbocycles. The molecule has 1 aliphatic rings. The Hall–Kier alpha value is -2.56. The zero-order chi connectivity index (χ0) is 22.3. The number of ether oxygens (including phenoxy) is 2. The van der Waals surface area contributed by atoms with E-state index >= 15 is 0 Å². The predicted molar refractivity (Wildman–Crippen MR) is 130 cm³/mol. The van der Waals surface area contributed by atoms with Gasteiger partial charge in [0, 0.05) is 21.4 Å². The fraction of sp³-hybridized carbons (Fsp3) is 0.167. The molecule has 4 aromatic rings. The van der Waals surface area contributed by atoms with Crippen molar-refractivity contribution >= 4 is 43.6 Å². The second-order valence-electron chi connectivity index (χ2n) is 7.63. The molecule has 0 radical (unpaired) electrons. The van der Waals surface area contributed by atoms with Crippen LogP contribution in [0.1, 0.15) is 23.7 Å². The summed E-state index contributed by atoms with van der Waals surface area (Å²) in [6.45, 7) is 0.367. The molecular formula is C24H20INO5S. The highest BCUT2D eigenvalue weighted by molar-refractivity contribution is 14.1. The van der Waals surface area contributed by atoms with Gasteiger partial charge in [-0.3, -0.25) is 0 Å². The summed E-state index contributed by atoms with van der Waals surface area (Å²) in [4.78, 5) is -0.00950. The molecule has 32 heavy (non-hydrogen) atoms. The minimum atomic E-state index is -3.84. The molecule has 0 fully saturated rings. The van der Waals surface area contributed by atoms with Crippen LogP contribution < -0.4 is 14.6 Å². The van der Waals surface area contributed by atoms with Crippen molar-refractivity contribution in [3.05, 3.63) is 87.7 Å². The van der Waals surface area contributed by atoms with Gasteiger partial charge in [0.1, 0.15) is 17.4 Å². The van der Waals surface area contributed by atoms with Crippen molar-refractivity contribution in [2.24, 2.45) is 5.14 Å². The Balaban J connectivity index is 1.59. The largest absolute Gasteiger partial charge is 0.490 e. The molecule has 0 amide bonds. The summed E-state index contributed by atoms with van der Waals surface area (Å²) in [7, 11) is -3.84. The van der Waals surface area contributed by atoms with E-state index in [-0.39, 0.29) is 16.9 Å². The highest BCUT2D eigenvalue weighted by Gasteiger charge is 2.33. The van der Waals surface area contributed by atoms with Crippen molar-refractivity contribution < 1.29 is 22.3 Å². The lowest BCUT2D eigenvalue weighted by molar-refractivity contribution is 0.164. The summed E-state index contributed by atoms with van der Waals surface area (Å²) >= 11 is 2.33. The predicted octanol–water partition coefficient (Wildman–Crippen LogP) is 5.05. The zero-order valence-electron chi connectivity index (χ0n) is 16.9. The van der Waals surface area contributed by atoms with Gasteiger partial charge in [0.2, 0.25) is 10.0 Å². The Morgan fingerprint density at radius 2 is 1.75 bits per heavy atom. The molecular weight excluding hydrogens is 541 g/mol. The molecule has 2 N–H and O–H groups in total. The molecule has 0 saturated heterocycles. The van der Waals surface area contributed by atoms with Gasteiger partial charge in [-0.1, -0.05) is 36.4 Å². The van der Waals surface area contributed by atoms with Gasteiger partial charge in [-0.05, 0) is 58.5 Å². The first-order chi connectivity index (χ1) is 15.4. The van der Waals surface area contributed by atoms with Crippen molar-refractivity contribution in [2.75, 3.05) is 6.61 Å². The van der Waals surface area contributed by atoms with Gasteiger partial charge in [0.05, 0.1) is 17.4 Å². The van der Waals surface area contributed by atoms with Crippen LogP contribution in [0.25, 0.3) is 11.0 Å². The van der Waals surface area contributed by atoms with Crippen LogP contribution in [0.5, 0.6) is 11.5 Å². The molecule has 2 atom stereocenters. The number of sulfonamides is 1. The molecule has 8 heteroatoms. The first kappa shape index (κ1) is 21.3. The van der Waals surface area contributed by atoms with Crippen molar-refractivity contribution in [1.82, 2.24) is 0 Å². The molecule has 2 heterocycles. The average molecular weight is 561 g/mol. The minimum absolute atomic E-state index is 0.00950. The number of para-hydroxylation sites is 1. The molecule has 6 nitrogen and oxygen atoms in total. The van der Waals surface area contributed by atoms with E-state index in [9.17, 15) is 8.42 Å². The molecule has 164 valence electrons. The van der Waals surface area contributed by atoms with Crippen LogP contribution in [0.2, 0.25) is 0 Å². The Morgan fingerprint density at radius 3 is 2.53 bits per heavy atom. The summed E-state index contributed by atoms with van der Waals surface area (Å²) in [6, 6.07) is 22.6. The summed E-state index contributed by atoms with van der Waals surface area (Å²) in [5.41, 5.74) is 1.92. The number of hydrogen-bond acceptors (Lipinski definition) is 5. The van der Waals surface area contributed by atoms with Gasteiger partial charge in [-0.2, -0.15) is 0 Å². The van der Waals surface area contributed by atoms with Gasteiger partial charge in [-0.15, -0.1) is 0 Å². The van der Waals surface area contributed by atoms with Crippen molar-refractivity contribution in [2.45, 2.75) is 23.3 Å². The number of hydrogen-bond donors (Lipinski definition) is 1. The Labute approximate surface area is 199 Å². The number of fused-ring (bicyclic) bond motifs is 2. The molecule has 0 spiro atoms. The van der Waals surface area contributed by atoms with Crippen LogP contribution in [-0.2, 0) is 10.0 Å². The number of nitrogens with two attached hydrogens (primary N) is 1. The third-order valence-electron chi connectivity index (χ3n) is 5.55. The summed E-state index contributed by atoms with van der Waals surface area (Å²) in [5.74, 6) is 1.48. The van der Waals surface area contributed by atoms with Crippen LogP contribution in [-0.4, -0.2) is 21.1 Å². The van der Waals surface area contributed by atoms with Crippen LogP contribution in [0, 0.1) is 3.57 Å². The van der Waals surface area contributed by atoms with Crippen LogP contribution in [0.15, 0.2) is 82.1 Å². The second-order valence-corrected chi connectivity index (χ2v) is 10.4. The summed E-state index contributed by atoms with van der Waals surface area (Å²) < 4.78 is 43.1. The normalized spacial score (nSPS) is 17.1. The second kappa shape index (κ2) is 8.42. The maximum absolute atomic E-state index is 11.7. The van der Waals surface area contributed by atoms with E-state index in [2.05, 4.69) is 40.8 Å². The lowest BCUT2D eigenvalue weighted by Gasteiger charge is -2.26. The van der Waals surface area contributed by atoms with Gasteiger partial charge in [0.15, 0.2) is 11.5 Å². The van der Waals surface area contributed by atoms with Gasteiger partial charge < -0.3 is 13.9 Å². The maximum Gasteiger partial charge on any atom is 0.238 e. The lowest BCUT2D eigenvalue weighted by atomic mass is 9.89. The highest BCUT2D eigenvalue weighted by Crippen LogP contribution is 2.41. The Morgan fingerprint density at radius 1 is 0.969 bits per heavy atom. The molecule has 5 rings (SSSR count). The van der Waals surface area contributed by atoms with Crippen molar-refractivity contribution in [3.8, 4) is 11.5 Å². The minimum Gasteiger partial charge on any atom is -0.490 e. The van der Waals surface area contributed by atoms with Crippen LogP contribution in [0.3, 0.4) is 0 Å². The summed E-state index contributed by atoms with van der Waals surface area (Å²) in [5, 5.41) is 6.30. The van der Waals surface area contributed by atoms with E-state index in [0.29, 0.717) is 24.5 Å². The number of primary sulfonamides is 1. The van der Waals surface area contributed by atoms with E-state index in [0.717, 1.165) is 25.9 Å². The van der Waals surface area contributed by atoms with Crippen molar-refractivity contribution in [3.63, 3.8) is 0 Å². The molecule has 1 aliphatic heterocycles. The molecule has 1 aromatic heterocycles. The molecule has 0 aliphatic carbocycles. The first-order valence-electron chi connectivity index (χ1n) is 10.1. The van der Waals surface area contributed by atoms with Gasteiger partial charge >= 0.3 is 0 Å². The van der Waals surface area contributed by atoms with Crippen molar-refractivity contribution in [1.29, 1.82) is 0 Å². The topological polar surface area (TPSA) is 91.8 Å². The molecule has 1 unspecified atom stereocenters. The zero-order valence-corrected chi connectivity index (χ0v) is 19.9. The Bertz CT molecular complexity index is 1370. The number of rotatable bonds is 4. The lowest BCUT2D eigenvalue weighted by Crippen LogP contribution is -2.27. The van der Waals surface area contributed by atoms with E-state index in [1.165, 1.54) is 12.1 Å². The van der Waals surface area contributed by atoms with E-state index in [4.69, 9.17) is 19.0 Å². The average Bonchev–Trinajstić information content (AvgIpc) is 3.07. The number of halogens is 1. The third-order valence-corrected chi connectivity index (χ3v) is 7.44. The smallest absolute Gasteiger partial charge is 0.238 e. The maximum atomic E-state index is 11.7. The highest BCUT2D eigenvalue weighted by atomic mass is 127. The SMILES string of the molecule is NS(=O)(=O)c1ccc2c(c1)OCCC([C@@H](c1cc3ccccc3o1)c1ccccc1I)O2. The van der Waals surface area contributed by atoms with Crippen LogP contribution >= 0.6 is 22.6 Å². The van der Waals surface area contributed by atoms with Gasteiger partial charge in [-0.25, -0.2) is 13.6 Å². The molecule has 0 bridgehead atoms. The van der Waals surface area contributed by atoms with Gasteiger partial charge in [0.25, 0.3) is 0 Å². The summed E-state index contributed by atoms with van der Waals surface area (Å²) in [6.07, 6.45) is 0.305. The van der Waals surface area contributed by atoms with Crippen LogP contribution in [0.4, 0.5) is 0 Å². The standard InChI is InChI=1S/C24H20INO5S/c25-18-7-3-2-6-17(18)24(23-13-15-5-1-4-8-19(15)30-23)21-11-12-29-22-14-16(32(26,27)28)9-10-20(22)31-21/h1-10,13-14,21,24H,11-12H2,(H2,26,27,28)/t21?,24-/m0/s1. The quantitative estimate of drug-likeness (QED) is 0.353. The fourth-order valence-corrected chi connectivity index (χ4v) is 5.29. The first-order valence-corrected chi connectivity index (χ1v) is 12.7. The number of furan rings is 1. The van der Waals surface area contributed by atoms with E-state index in [1.807, 2.05) is 36.4 Å². The van der Waals surface area contributed by atoms with E-state index in [1.54, 1.807) is 6.07 Å². The number of benzene rings is 3. The third kappa shape index (κ3) is 4.10. The monoisotopic (exact) mass is 561 g/mol. The van der Waals surface area contributed by atoms with E-state index < -0.39 is 10.0 Å². The Kier molecular flexibility index (Phi) is 5.60. The molecule has 0 saturated carbocycles.